The molecule has 2 N–H and O–H groups in total. The summed E-state index contributed by atoms with van der Waals surface area (Å²) in [6.45, 7) is -0.689. The van der Waals surface area contributed by atoms with Crippen molar-refractivity contribution in [3.8, 4) is 5.75 Å². The summed E-state index contributed by atoms with van der Waals surface area (Å²) in [7, 11) is 1.52. The molecule has 1 aliphatic heterocycles. The first-order valence-corrected chi connectivity index (χ1v) is 9.10. The predicted molar refractivity (Wildman–Crippen MR) is 99.0 cm³/mol. The first-order chi connectivity index (χ1) is 13.1. The molecule has 140 valence electrons. The quantitative estimate of drug-likeness (QED) is 0.853. The van der Waals surface area contributed by atoms with E-state index in [-0.39, 0.29) is 29.3 Å². The van der Waals surface area contributed by atoms with Gasteiger partial charge in [-0.25, -0.2) is 4.39 Å². The number of alkyl halides is 1. The summed E-state index contributed by atoms with van der Waals surface area (Å²) < 4.78 is 19.6. The third-order valence-corrected chi connectivity index (χ3v) is 5.05. The summed E-state index contributed by atoms with van der Waals surface area (Å²) in [5.41, 5.74) is 2.21. The van der Waals surface area contributed by atoms with Crippen molar-refractivity contribution in [3.63, 3.8) is 0 Å². The maximum absolute atomic E-state index is 13.7. The Hall–Kier alpha value is -2.89. The molecule has 1 fully saturated rings. The fourth-order valence-electron chi connectivity index (χ4n) is 3.54. The van der Waals surface area contributed by atoms with E-state index < -0.39 is 12.8 Å². The van der Waals surface area contributed by atoms with Gasteiger partial charge in [0.05, 0.1) is 11.5 Å². The number of ether oxygens (including phenoxy) is 1. The SMILES string of the molecule is CNC(=O)c1cc(C(=O)NC2CC2)cc2c1OC(CF)C2c1ccccc1. The average molecular weight is 368 g/mol. The van der Waals surface area contributed by atoms with Gasteiger partial charge in [0, 0.05) is 24.2 Å². The molecule has 0 radical (unpaired) electrons. The first kappa shape index (κ1) is 17.5. The summed E-state index contributed by atoms with van der Waals surface area (Å²) in [5, 5.41) is 5.51. The highest BCUT2D eigenvalue weighted by Crippen LogP contribution is 2.45. The number of carbonyl (C=O) groups excluding carboxylic acids is 2. The molecule has 0 spiro atoms. The normalized spacial score (nSPS) is 20.5. The van der Waals surface area contributed by atoms with E-state index in [0.717, 1.165) is 18.4 Å². The second-order valence-corrected chi connectivity index (χ2v) is 6.97. The van der Waals surface area contributed by atoms with Crippen LogP contribution in [0.1, 0.15) is 50.6 Å². The number of nitrogens with one attached hydrogen (secondary N) is 2. The Bertz CT molecular complexity index is 880. The van der Waals surface area contributed by atoms with Crippen LogP contribution in [0.5, 0.6) is 5.75 Å². The molecule has 0 saturated heterocycles. The number of hydrogen-bond donors (Lipinski definition) is 2. The predicted octanol–water partition coefficient (Wildman–Crippen LogP) is 2.80. The van der Waals surface area contributed by atoms with Crippen LogP contribution in [0.25, 0.3) is 0 Å². The first-order valence-electron chi connectivity index (χ1n) is 9.10. The summed E-state index contributed by atoms with van der Waals surface area (Å²) in [5.74, 6) is -0.600. The van der Waals surface area contributed by atoms with Crippen molar-refractivity contribution in [1.29, 1.82) is 0 Å². The molecular weight excluding hydrogens is 347 g/mol. The highest BCUT2D eigenvalue weighted by atomic mass is 19.1. The summed E-state index contributed by atoms with van der Waals surface area (Å²) in [6, 6.07) is 12.9. The second-order valence-electron chi connectivity index (χ2n) is 6.97. The molecule has 1 saturated carbocycles. The Morgan fingerprint density at radius 3 is 2.52 bits per heavy atom. The van der Waals surface area contributed by atoms with E-state index in [0.29, 0.717) is 16.9 Å². The highest BCUT2D eigenvalue weighted by molar-refractivity contribution is 6.02. The molecule has 2 aromatic rings. The molecule has 0 aromatic heterocycles. The van der Waals surface area contributed by atoms with Crippen LogP contribution in [0.3, 0.4) is 0 Å². The molecule has 2 atom stereocenters. The van der Waals surface area contributed by atoms with Crippen LogP contribution in [-0.4, -0.2) is 37.7 Å². The zero-order valence-electron chi connectivity index (χ0n) is 15.0. The van der Waals surface area contributed by atoms with Gasteiger partial charge < -0.3 is 15.4 Å². The van der Waals surface area contributed by atoms with Crippen LogP contribution in [0.15, 0.2) is 42.5 Å². The standard InChI is InChI=1S/C21H21FN2O3/c1-23-21(26)16-10-13(20(25)24-14-7-8-14)9-15-18(12-5-3-2-4-6-12)17(11-22)27-19(15)16/h2-6,9-10,14,17-18H,7-8,11H2,1H3,(H,23,26)(H,24,25). The Morgan fingerprint density at radius 1 is 1.15 bits per heavy atom. The van der Waals surface area contributed by atoms with Gasteiger partial charge in [-0.05, 0) is 30.5 Å². The number of hydrogen-bond acceptors (Lipinski definition) is 3. The summed E-state index contributed by atoms with van der Waals surface area (Å²) in [6.07, 6.45) is 1.21. The van der Waals surface area contributed by atoms with Gasteiger partial charge in [0.15, 0.2) is 0 Å². The number of amides is 2. The molecule has 0 bridgehead atoms. The van der Waals surface area contributed by atoms with Gasteiger partial charge in [-0.3, -0.25) is 9.59 Å². The molecule has 1 aliphatic carbocycles. The molecule has 2 amide bonds. The molecule has 1 heterocycles. The molecule has 2 aliphatic rings. The second kappa shape index (κ2) is 7.02. The lowest BCUT2D eigenvalue weighted by atomic mass is 9.86. The van der Waals surface area contributed by atoms with Crippen LogP contribution in [0, 0.1) is 0 Å². The number of benzene rings is 2. The van der Waals surface area contributed by atoms with E-state index in [1.54, 1.807) is 6.07 Å². The highest BCUT2D eigenvalue weighted by Gasteiger charge is 2.39. The monoisotopic (exact) mass is 368 g/mol. The van der Waals surface area contributed by atoms with Gasteiger partial charge in [0.1, 0.15) is 18.5 Å². The lowest BCUT2D eigenvalue weighted by Crippen LogP contribution is -2.26. The third-order valence-electron chi connectivity index (χ3n) is 5.05. The Balaban J connectivity index is 1.83. The van der Waals surface area contributed by atoms with E-state index >= 15 is 0 Å². The van der Waals surface area contributed by atoms with Crippen molar-refractivity contribution < 1.29 is 18.7 Å². The van der Waals surface area contributed by atoms with Crippen molar-refractivity contribution in [2.24, 2.45) is 0 Å². The zero-order chi connectivity index (χ0) is 19.0. The fraction of sp³-hybridized carbons (Fsp3) is 0.333. The molecule has 27 heavy (non-hydrogen) atoms. The molecule has 2 aromatic carbocycles. The Morgan fingerprint density at radius 2 is 1.89 bits per heavy atom. The minimum Gasteiger partial charge on any atom is -0.486 e. The maximum Gasteiger partial charge on any atom is 0.254 e. The van der Waals surface area contributed by atoms with Crippen LogP contribution >= 0.6 is 0 Å². The minimum atomic E-state index is -0.729. The smallest absolute Gasteiger partial charge is 0.254 e. The fourth-order valence-corrected chi connectivity index (χ4v) is 3.54. The van der Waals surface area contributed by atoms with E-state index in [9.17, 15) is 14.0 Å². The molecule has 5 nitrogen and oxygen atoms in total. The van der Waals surface area contributed by atoms with Gasteiger partial charge >= 0.3 is 0 Å². The van der Waals surface area contributed by atoms with Crippen molar-refractivity contribution in [1.82, 2.24) is 10.6 Å². The third kappa shape index (κ3) is 3.27. The van der Waals surface area contributed by atoms with Crippen molar-refractivity contribution in [3.05, 3.63) is 64.7 Å². The van der Waals surface area contributed by atoms with E-state index in [1.165, 1.54) is 13.1 Å². The molecular formula is C21H21FN2O3. The zero-order valence-corrected chi connectivity index (χ0v) is 15.0. The number of fused-ring (bicyclic) bond motifs is 1. The van der Waals surface area contributed by atoms with Crippen molar-refractivity contribution >= 4 is 11.8 Å². The molecule has 4 rings (SSSR count). The van der Waals surface area contributed by atoms with Gasteiger partial charge in [-0.15, -0.1) is 0 Å². The topological polar surface area (TPSA) is 67.4 Å². The van der Waals surface area contributed by atoms with Crippen LogP contribution in [0.4, 0.5) is 4.39 Å². The summed E-state index contributed by atoms with van der Waals surface area (Å²) in [4.78, 5) is 25.0. The largest absolute Gasteiger partial charge is 0.486 e. The van der Waals surface area contributed by atoms with Crippen molar-refractivity contribution in [2.75, 3.05) is 13.7 Å². The van der Waals surface area contributed by atoms with Gasteiger partial charge in [0.2, 0.25) is 0 Å². The Labute approximate surface area is 156 Å². The lowest BCUT2D eigenvalue weighted by molar-refractivity contribution is 0.0951. The maximum atomic E-state index is 13.7. The summed E-state index contributed by atoms with van der Waals surface area (Å²) >= 11 is 0. The lowest BCUT2D eigenvalue weighted by Gasteiger charge is -2.16. The van der Waals surface area contributed by atoms with Crippen LogP contribution in [-0.2, 0) is 0 Å². The molecule has 6 heteroatoms. The van der Waals surface area contributed by atoms with E-state index in [4.69, 9.17) is 4.74 Å². The van der Waals surface area contributed by atoms with Crippen molar-refractivity contribution in [2.45, 2.75) is 30.9 Å². The van der Waals surface area contributed by atoms with Gasteiger partial charge in [0.25, 0.3) is 11.8 Å². The molecule has 2 unspecified atom stereocenters. The van der Waals surface area contributed by atoms with Gasteiger partial charge in [-0.1, -0.05) is 30.3 Å². The number of halogens is 1. The van der Waals surface area contributed by atoms with Crippen LogP contribution in [0.2, 0.25) is 0 Å². The number of rotatable bonds is 5. The van der Waals surface area contributed by atoms with Gasteiger partial charge in [-0.2, -0.15) is 0 Å². The Kier molecular flexibility index (Phi) is 4.56. The number of carbonyl (C=O) groups is 2. The van der Waals surface area contributed by atoms with E-state index in [1.807, 2.05) is 30.3 Å². The minimum absolute atomic E-state index is 0.203. The average Bonchev–Trinajstić information content (AvgIpc) is 3.43. The van der Waals surface area contributed by atoms with E-state index in [2.05, 4.69) is 10.6 Å². The van der Waals surface area contributed by atoms with Crippen LogP contribution < -0.4 is 15.4 Å².